The Bertz CT molecular complexity index is 445. The van der Waals surface area contributed by atoms with E-state index >= 15 is 0 Å². The number of thiophene rings is 1. The second kappa shape index (κ2) is 6.36. The molecule has 88 valence electrons. The van der Waals surface area contributed by atoms with E-state index in [9.17, 15) is 4.79 Å². The molecule has 0 saturated carbocycles. The molecule has 0 fully saturated rings. The molecule has 1 heterocycles. The normalized spacial score (nSPS) is 10.4. The average Bonchev–Trinajstić information content (AvgIpc) is 2.83. The average molecular weight is 244 g/mol. The monoisotopic (exact) mass is 244 g/mol. The Balaban J connectivity index is 1.71. The molecule has 0 aliphatic heterocycles. The number of hydrogen-bond acceptors (Lipinski definition) is 2. The van der Waals surface area contributed by atoms with Crippen LogP contribution in [0.3, 0.4) is 0 Å². The first-order chi connectivity index (χ1) is 8.34. The molecule has 1 nitrogen and oxygen atoms in total. The molecule has 1 aromatic carbocycles. The fourth-order valence-corrected chi connectivity index (χ4v) is 2.58. The minimum Gasteiger partial charge on any atom is -0.299 e. The third kappa shape index (κ3) is 4.16. The van der Waals surface area contributed by atoms with Gasteiger partial charge in [-0.1, -0.05) is 36.4 Å². The highest BCUT2D eigenvalue weighted by Crippen LogP contribution is 2.12. The molecule has 0 radical (unpaired) electrons. The Morgan fingerprint density at radius 3 is 2.59 bits per heavy atom. The zero-order chi connectivity index (χ0) is 11.9. The van der Waals surface area contributed by atoms with Gasteiger partial charge in [-0.15, -0.1) is 11.3 Å². The van der Waals surface area contributed by atoms with Crippen molar-refractivity contribution in [3.05, 3.63) is 58.3 Å². The lowest BCUT2D eigenvalue weighted by molar-refractivity contribution is -0.118. The van der Waals surface area contributed by atoms with Crippen molar-refractivity contribution in [1.29, 1.82) is 0 Å². The molecular weight excluding hydrogens is 228 g/mol. The second-order valence-corrected chi connectivity index (χ2v) is 5.17. The van der Waals surface area contributed by atoms with Crippen LogP contribution in [0.1, 0.15) is 23.3 Å². The Kier molecular flexibility index (Phi) is 4.51. The van der Waals surface area contributed by atoms with Crippen molar-refractivity contribution in [3.63, 3.8) is 0 Å². The van der Waals surface area contributed by atoms with Crippen molar-refractivity contribution in [2.24, 2.45) is 0 Å². The molecule has 0 saturated heterocycles. The highest BCUT2D eigenvalue weighted by Gasteiger charge is 2.03. The van der Waals surface area contributed by atoms with Crippen molar-refractivity contribution in [3.8, 4) is 0 Å². The van der Waals surface area contributed by atoms with E-state index in [2.05, 4.69) is 17.5 Å². The summed E-state index contributed by atoms with van der Waals surface area (Å²) in [6, 6.07) is 14.2. The highest BCUT2D eigenvalue weighted by atomic mass is 32.1. The van der Waals surface area contributed by atoms with E-state index in [0.29, 0.717) is 18.6 Å². The SMILES string of the molecule is O=C(CCCc1cccs1)Cc1ccccc1. The number of aryl methyl sites for hydroxylation is 1. The number of carbonyl (C=O) groups excluding carboxylic acids is 1. The highest BCUT2D eigenvalue weighted by molar-refractivity contribution is 7.09. The van der Waals surface area contributed by atoms with Gasteiger partial charge >= 0.3 is 0 Å². The number of Topliss-reactive ketones (excluding diaryl/α,β-unsaturated/α-hetero) is 1. The first-order valence-corrected chi connectivity index (χ1v) is 6.80. The van der Waals surface area contributed by atoms with Crippen molar-refractivity contribution in [1.82, 2.24) is 0 Å². The summed E-state index contributed by atoms with van der Waals surface area (Å²) in [5, 5.41) is 2.08. The van der Waals surface area contributed by atoms with Crippen LogP contribution in [-0.4, -0.2) is 5.78 Å². The predicted molar refractivity (Wildman–Crippen MR) is 72.4 cm³/mol. The van der Waals surface area contributed by atoms with E-state index in [0.717, 1.165) is 18.4 Å². The number of rotatable bonds is 6. The molecule has 1 aromatic heterocycles. The van der Waals surface area contributed by atoms with Gasteiger partial charge < -0.3 is 0 Å². The fourth-order valence-electron chi connectivity index (χ4n) is 1.83. The van der Waals surface area contributed by atoms with Gasteiger partial charge in [0.05, 0.1) is 0 Å². The Morgan fingerprint density at radius 2 is 1.88 bits per heavy atom. The molecule has 2 aromatic rings. The molecule has 0 bridgehead atoms. The number of benzene rings is 1. The van der Waals surface area contributed by atoms with E-state index in [4.69, 9.17) is 0 Å². The van der Waals surface area contributed by atoms with Crippen molar-refractivity contribution in [2.75, 3.05) is 0 Å². The van der Waals surface area contributed by atoms with Crippen LogP contribution in [-0.2, 0) is 17.6 Å². The van der Waals surface area contributed by atoms with Gasteiger partial charge in [0.25, 0.3) is 0 Å². The minimum atomic E-state index is 0.341. The molecule has 0 amide bonds. The second-order valence-electron chi connectivity index (χ2n) is 4.13. The summed E-state index contributed by atoms with van der Waals surface area (Å²) in [7, 11) is 0. The minimum absolute atomic E-state index is 0.341. The van der Waals surface area contributed by atoms with Crippen molar-refractivity contribution < 1.29 is 4.79 Å². The maximum absolute atomic E-state index is 11.7. The molecule has 0 aliphatic carbocycles. The summed E-state index contributed by atoms with van der Waals surface area (Å²) < 4.78 is 0. The van der Waals surface area contributed by atoms with Crippen LogP contribution >= 0.6 is 11.3 Å². The Labute approximate surface area is 106 Å². The smallest absolute Gasteiger partial charge is 0.137 e. The van der Waals surface area contributed by atoms with Crippen LogP contribution in [0.15, 0.2) is 47.8 Å². The summed E-state index contributed by atoms with van der Waals surface area (Å²) in [6.45, 7) is 0. The lowest BCUT2D eigenvalue weighted by atomic mass is 10.0. The third-order valence-electron chi connectivity index (χ3n) is 2.70. The third-order valence-corrected chi connectivity index (χ3v) is 3.64. The molecule has 0 atom stereocenters. The first kappa shape index (κ1) is 12.1. The quantitative estimate of drug-likeness (QED) is 0.753. The Morgan fingerprint density at radius 1 is 1.06 bits per heavy atom. The van der Waals surface area contributed by atoms with Gasteiger partial charge in [-0.05, 0) is 29.9 Å². The molecule has 0 spiro atoms. The standard InChI is InChI=1S/C15H16OS/c16-14(12-13-6-2-1-3-7-13)8-4-9-15-10-5-11-17-15/h1-3,5-7,10-11H,4,8-9,12H2. The molecule has 17 heavy (non-hydrogen) atoms. The zero-order valence-electron chi connectivity index (χ0n) is 9.76. The summed E-state index contributed by atoms with van der Waals surface area (Å²) >= 11 is 1.77. The predicted octanol–water partition coefficient (Wildman–Crippen LogP) is 3.88. The van der Waals surface area contributed by atoms with Crippen molar-refractivity contribution in [2.45, 2.75) is 25.7 Å². The van der Waals surface area contributed by atoms with E-state index in [-0.39, 0.29) is 0 Å². The molecule has 0 aliphatic rings. The maximum Gasteiger partial charge on any atom is 0.137 e. The van der Waals surface area contributed by atoms with Gasteiger partial charge in [0.2, 0.25) is 0 Å². The van der Waals surface area contributed by atoms with Gasteiger partial charge in [0.1, 0.15) is 5.78 Å². The maximum atomic E-state index is 11.7. The zero-order valence-corrected chi connectivity index (χ0v) is 10.6. The topological polar surface area (TPSA) is 17.1 Å². The largest absolute Gasteiger partial charge is 0.299 e. The van der Waals surface area contributed by atoms with Gasteiger partial charge in [0.15, 0.2) is 0 Å². The van der Waals surface area contributed by atoms with Crippen LogP contribution in [0.5, 0.6) is 0 Å². The van der Waals surface area contributed by atoms with Crippen LogP contribution < -0.4 is 0 Å². The summed E-state index contributed by atoms with van der Waals surface area (Å²) in [4.78, 5) is 13.1. The van der Waals surface area contributed by atoms with E-state index in [1.165, 1.54) is 4.88 Å². The van der Waals surface area contributed by atoms with Gasteiger partial charge in [0, 0.05) is 17.7 Å². The van der Waals surface area contributed by atoms with Gasteiger partial charge in [-0.25, -0.2) is 0 Å². The fraction of sp³-hybridized carbons (Fsp3) is 0.267. The lowest BCUT2D eigenvalue weighted by Crippen LogP contribution is -2.02. The van der Waals surface area contributed by atoms with E-state index in [1.54, 1.807) is 11.3 Å². The van der Waals surface area contributed by atoms with E-state index < -0.39 is 0 Å². The molecule has 2 heteroatoms. The Hall–Kier alpha value is -1.41. The number of hydrogen-bond donors (Lipinski definition) is 0. The number of ketones is 1. The van der Waals surface area contributed by atoms with Gasteiger partial charge in [-0.2, -0.15) is 0 Å². The molecular formula is C15H16OS. The summed E-state index contributed by atoms with van der Waals surface area (Å²) in [5.41, 5.74) is 1.12. The first-order valence-electron chi connectivity index (χ1n) is 5.92. The van der Waals surface area contributed by atoms with Crippen LogP contribution in [0.25, 0.3) is 0 Å². The van der Waals surface area contributed by atoms with Crippen LogP contribution in [0.4, 0.5) is 0 Å². The summed E-state index contributed by atoms with van der Waals surface area (Å²) in [5.74, 6) is 0.341. The molecule has 0 unspecified atom stereocenters. The molecule has 0 N–H and O–H groups in total. The van der Waals surface area contributed by atoms with Crippen LogP contribution in [0, 0.1) is 0 Å². The summed E-state index contributed by atoms with van der Waals surface area (Å²) in [6.07, 6.45) is 3.25. The van der Waals surface area contributed by atoms with Crippen LogP contribution in [0.2, 0.25) is 0 Å². The van der Waals surface area contributed by atoms with Crippen molar-refractivity contribution >= 4 is 17.1 Å². The molecule has 2 rings (SSSR count). The van der Waals surface area contributed by atoms with Gasteiger partial charge in [-0.3, -0.25) is 4.79 Å². The number of carbonyl (C=O) groups is 1. The van der Waals surface area contributed by atoms with E-state index in [1.807, 2.05) is 30.3 Å². The lowest BCUT2D eigenvalue weighted by Gasteiger charge is -2.00.